The first kappa shape index (κ1) is 15.1. The molecule has 1 aliphatic carbocycles. The Balaban J connectivity index is 1.72. The van der Waals surface area contributed by atoms with Crippen LogP contribution in [0.1, 0.15) is 32.1 Å². The highest BCUT2D eigenvalue weighted by Crippen LogP contribution is 2.21. The molecular formula is C14H27N3OS. The molecule has 0 aromatic rings. The van der Waals surface area contributed by atoms with Gasteiger partial charge in [0.1, 0.15) is 0 Å². The van der Waals surface area contributed by atoms with Crippen molar-refractivity contribution < 1.29 is 4.79 Å². The predicted octanol–water partition coefficient (Wildman–Crippen LogP) is 1.07. The van der Waals surface area contributed by atoms with E-state index in [4.69, 9.17) is 0 Å². The number of carbonyl (C=O) groups excluding carboxylic acids is 1. The highest BCUT2D eigenvalue weighted by molar-refractivity contribution is 7.99. The van der Waals surface area contributed by atoms with Crippen LogP contribution in [0.5, 0.6) is 0 Å². The highest BCUT2D eigenvalue weighted by atomic mass is 32.2. The molecule has 3 atom stereocenters. The monoisotopic (exact) mass is 285 g/mol. The maximum atomic E-state index is 12.1. The van der Waals surface area contributed by atoms with Crippen LogP contribution in [-0.2, 0) is 4.79 Å². The molecule has 1 saturated heterocycles. The third-order valence-electron chi connectivity index (χ3n) is 4.17. The number of hydrogen-bond acceptors (Lipinski definition) is 4. The van der Waals surface area contributed by atoms with E-state index in [9.17, 15) is 4.79 Å². The molecule has 0 bridgehead atoms. The van der Waals surface area contributed by atoms with E-state index >= 15 is 0 Å². The third kappa shape index (κ3) is 4.97. The number of rotatable bonds is 4. The lowest BCUT2D eigenvalue weighted by Crippen LogP contribution is -2.46. The van der Waals surface area contributed by atoms with Gasteiger partial charge in [0.15, 0.2) is 0 Å². The van der Waals surface area contributed by atoms with Crippen LogP contribution in [0, 0.1) is 0 Å². The lowest BCUT2D eigenvalue weighted by atomic mass is 9.90. The first-order chi connectivity index (χ1) is 9.15. The van der Waals surface area contributed by atoms with Gasteiger partial charge in [-0.15, -0.1) is 0 Å². The lowest BCUT2D eigenvalue weighted by molar-refractivity contribution is -0.122. The second kappa shape index (κ2) is 7.50. The second-order valence-corrected chi connectivity index (χ2v) is 7.13. The first-order valence-electron chi connectivity index (χ1n) is 7.42. The van der Waals surface area contributed by atoms with E-state index in [0.29, 0.717) is 24.5 Å². The fourth-order valence-electron chi connectivity index (χ4n) is 3.03. The summed E-state index contributed by atoms with van der Waals surface area (Å²) in [4.78, 5) is 14.4. The molecule has 2 aliphatic rings. The molecule has 0 aromatic heterocycles. The minimum absolute atomic E-state index is 0.226. The molecule has 1 saturated carbocycles. The minimum Gasteiger partial charge on any atom is -0.353 e. The van der Waals surface area contributed by atoms with Gasteiger partial charge in [-0.3, -0.25) is 4.79 Å². The summed E-state index contributed by atoms with van der Waals surface area (Å²) in [5.74, 6) is 2.47. The number of thioether (sulfide) groups is 1. The second-order valence-electron chi connectivity index (χ2n) is 5.98. The number of nitrogens with zero attached hydrogens (tertiary/aromatic N) is 1. The van der Waals surface area contributed by atoms with Crippen LogP contribution in [0.4, 0.5) is 0 Å². The van der Waals surface area contributed by atoms with Crippen LogP contribution in [0.2, 0.25) is 0 Å². The summed E-state index contributed by atoms with van der Waals surface area (Å²) in [6.07, 6.45) is 5.37. The third-order valence-corrected chi connectivity index (χ3v) is 5.30. The molecule has 1 heterocycles. The van der Waals surface area contributed by atoms with Gasteiger partial charge in [-0.05, 0) is 39.8 Å². The van der Waals surface area contributed by atoms with Crippen molar-refractivity contribution in [2.24, 2.45) is 0 Å². The molecule has 0 radical (unpaired) electrons. The summed E-state index contributed by atoms with van der Waals surface area (Å²) >= 11 is 1.95. The fraction of sp³-hybridized carbons (Fsp3) is 0.929. The molecule has 0 spiro atoms. The molecule has 110 valence electrons. The number of hydrogen-bond donors (Lipinski definition) is 2. The summed E-state index contributed by atoms with van der Waals surface area (Å²) in [6.45, 7) is 1.04. The van der Waals surface area contributed by atoms with Gasteiger partial charge in [-0.25, -0.2) is 0 Å². The molecule has 0 aromatic carbocycles. The summed E-state index contributed by atoms with van der Waals surface area (Å²) in [5.41, 5.74) is 0. The summed E-state index contributed by atoms with van der Waals surface area (Å²) < 4.78 is 0. The van der Waals surface area contributed by atoms with Gasteiger partial charge in [0.25, 0.3) is 0 Å². The molecule has 1 aliphatic heterocycles. The fourth-order valence-corrected chi connectivity index (χ4v) is 3.97. The Morgan fingerprint density at radius 3 is 2.95 bits per heavy atom. The van der Waals surface area contributed by atoms with Crippen molar-refractivity contribution in [3.63, 3.8) is 0 Å². The Morgan fingerprint density at radius 2 is 2.26 bits per heavy atom. The van der Waals surface area contributed by atoms with Crippen molar-refractivity contribution in [1.82, 2.24) is 15.5 Å². The van der Waals surface area contributed by atoms with Crippen LogP contribution in [0.15, 0.2) is 0 Å². The Hall–Kier alpha value is -0.260. The Kier molecular flexibility index (Phi) is 5.98. The van der Waals surface area contributed by atoms with E-state index in [1.807, 2.05) is 11.8 Å². The van der Waals surface area contributed by atoms with Crippen LogP contribution in [0.3, 0.4) is 0 Å². The maximum absolute atomic E-state index is 12.1. The smallest absolute Gasteiger partial charge is 0.221 e. The molecule has 5 heteroatoms. The average molecular weight is 285 g/mol. The van der Waals surface area contributed by atoms with Crippen LogP contribution in [0.25, 0.3) is 0 Å². The maximum Gasteiger partial charge on any atom is 0.221 e. The van der Waals surface area contributed by atoms with Crippen molar-refractivity contribution in [1.29, 1.82) is 0 Å². The van der Waals surface area contributed by atoms with Gasteiger partial charge in [-0.2, -0.15) is 11.8 Å². The van der Waals surface area contributed by atoms with Crippen LogP contribution < -0.4 is 10.6 Å². The van der Waals surface area contributed by atoms with Crippen molar-refractivity contribution in [3.05, 3.63) is 0 Å². The zero-order valence-corrected chi connectivity index (χ0v) is 13.0. The van der Waals surface area contributed by atoms with E-state index in [-0.39, 0.29) is 5.91 Å². The van der Waals surface area contributed by atoms with Gasteiger partial charge in [0.2, 0.25) is 5.91 Å². The predicted molar refractivity (Wildman–Crippen MR) is 81.6 cm³/mol. The van der Waals surface area contributed by atoms with Crippen LogP contribution >= 0.6 is 11.8 Å². The molecule has 4 nitrogen and oxygen atoms in total. The Morgan fingerprint density at radius 1 is 1.42 bits per heavy atom. The van der Waals surface area contributed by atoms with E-state index in [0.717, 1.165) is 25.1 Å². The molecule has 2 rings (SSSR count). The van der Waals surface area contributed by atoms with Crippen molar-refractivity contribution in [2.45, 2.75) is 50.2 Å². The first-order valence-corrected chi connectivity index (χ1v) is 8.57. The molecule has 2 fully saturated rings. The normalized spacial score (nSPS) is 32.3. The molecular weight excluding hydrogens is 258 g/mol. The van der Waals surface area contributed by atoms with Gasteiger partial charge in [-0.1, -0.05) is 0 Å². The van der Waals surface area contributed by atoms with Gasteiger partial charge in [0, 0.05) is 42.6 Å². The summed E-state index contributed by atoms with van der Waals surface area (Å²) in [6, 6.07) is 1.37. The van der Waals surface area contributed by atoms with Crippen molar-refractivity contribution in [2.75, 3.05) is 32.1 Å². The zero-order chi connectivity index (χ0) is 13.7. The molecule has 2 N–H and O–H groups in total. The zero-order valence-electron chi connectivity index (χ0n) is 12.2. The van der Waals surface area contributed by atoms with Gasteiger partial charge >= 0.3 is 0 Å². The minimum atomic E-state index is 0.226. The number of amides is 1. The van der Waals surface area contributed by atoms with E-state index in [1.165, 1.54) is 18.6 Å². The Labute approximate surface area is 121 Å². The average Bonchev–Trinajstić information content (AvgIpc) is 2.40. The lowest BCUT2D eigenvalue weighted by Gasteiger charge is -2.34. The van der Waals surface area contributed by atoms with Gasteiger partial charge < -0.3 is 15.5 Å². The molecule has 3 unspecified atom stereocenters. The van der Waals surface area contributed by atoms with E-state index in [2.05, 4.69) is 29.6 Å². The summed E-state index contributed by atoms with van der Waals surface area (Å²) in [7, 11) is 4.27. The van der Waals surface area contributed by atoms with E-state index < -0.39 is 0 Å². The van der Waals surface area contributed by atoms with Crippen molar-refractivity contribution >= 4 is 17.7 Å². The topological polar surface area (TPSA) is 44.4 Å². The number of nitrogens with one attached hydrogen (secondary N) is 2. The molecule has 1 amide bonds. The standard InChI is InChI=1S/C14H27N3OS/c1-17(2)13-5-3-4-11(8-13)16-14(18)9-12-10-19-7-6-15-12/h11-13,15H,3-10H2,1-2H3,(H,16,18). The molecule has 19 heavy (non-hydrogen) atoms. The van der Waals surface area contributed by atoms with Crippen molar-refractivity contribution in [3.8, 4) is 0 Å². The number of carbonyl (C=O) groups is 1. The largest absolute Gasteiger partial charge is 0.353 e. The van der Waals surface area contributed by atoms with Gasteiger partial charge in [0.05, 0.1) is 0 Å². The van der Waals surface area contributed by atoms with E-state index in [1.54, 1.807) is 0 Å². The highest BCUT2D eigenvalue weighted by Gasteiger charge is 2.25. The van der Waals surface area contributed by atoms with Crippen LogP contribution in [-0.4, -0.2) is 61.1 Å². The quantitative estimate of drug-likeness (QED) is 0.811. The SMILES string of the molecule is CN(C)C1CCCC(NC(=O)CC2CSCCN2)C1. The summed E-state index contributed by atoms with van der Waals surface area (Å²) in [5, 5.41) is 6.66. The Bertz CT molecular complexity index is 292.